The number of urea groups is 1. The molecule has 0 bridgehead atoms. The SMILES string of the molecule is C=C(C)c1cccc(C(C)(C)NC(=O)Nc2ccc(C(=O)OCC)cc2)c1. The fourth-order valence-electron chi connectivity index (χ4n) is 2.60. The number of allylic oxidation sites excluding steroid dienone is 1. The Kier molecular flexibility index (Phi) is 6.40. The largest absolute Gasteiger partial charge is 0.462 e. The summed E-state index contributed by atoms with van der Waals surface area (Å²) in [7, 11) is 0. The zero-order valence-electron chi connectivity index (χ0n) is 16.3. The van der Waals surface area contributed by atoms with Gasteiger partial charge in [0.05, 0.1) is 17.7 Å². The van der Waals surface area contributed by atoms with Crippen LogP contribution in [-0.4, -0.2) is 18.6 Å². The van der Waals surface area contributed by atoms with Gasteiger partial charge in [0.25, 0.3) is 0 Å². The summed E-state index contributed by atoms with van der Waals surface area (Å²) in [6, 6.07) is 14.2. The molecular weight excluding hydrogens is 340 g/mol. The lowest BCUT2D eigenvalue weighted by Gasteiger charge is -2.27. The molecule has 0 aliphatic carbocycles. The van der Waals surface area contributed by atoms with Crippen LogP contribution >= 0.6 is 0 Å². The van der Waals surface area contributed by atoms with Crippen LogP contribution in [-0.2, 0) is 10.3 Å². The van der Waals surface area contributed by atoms with Crippen molar-refractivity contribution in [3.05, 3.63) is 71.8 Å². The summed E-state index contributed by atoms with van der Waals surface area (Å²) in [4.78, 5) is 24.1. The van der Waals surface area contributed by atoms with Gasteiger partial charge in [-0.1, -0.05) is 30.4 Å². The van der Waals surface area contributed by atoms with E-state index in [0.29, 0.717) is 17.9 Å². The number of hydrogen-bond donors (Lipinski definition) is 2. The molecular formula is C22H26N2O3. The summed E-state index contributed by atoms with van der Waals surface area (Å²) in [6.45, 7) is 11.9. The van der Waals surface area contributed by atoms with E-state index >= 15 is 0 Å². The molecule has 0 unspecified atom stereocenters. The van der Waals surface area contributed by atoms with Crippen molar-refractivity contribution in [2.75, 3.05) is 11.9 Å². The van der Waals surface area contributed by atoms with Gasteiger partial charge >= 0.3 is 12.0 Å². The van der Waals surface area contributed by atoms with Crippen LogP contribution in [0.15, 0.2) is 55.1 Å². The lowest BCUT2D eigenvalue weighted by molar-refractivity contribution is 0.0526. The monoisotopic (exact) mass is 366 g/mol. The van der Waals surface area contributed by atoms with Gasteiger partial charge in [-0.15, -0.1) is 0 Å². The Morgan fingerprint density at radius 2 is 1.74 bits per heavy atom. The quantitative estimate of drug-likeness (QED) is 0.711. The molecule has 5 nitrogen and oxygen atoms in total. The maximum absolute atomic E-state index is 12.4. The first-order valence-electron chi connectivity index (χ1n) is 8.85. The van der Waals surface area contributed by atoms with Crippen molar-refractivity contribution in [2.24, 2.45) is 0 Å². The van der Waals surface area contributed by atoms with Crippen molar-refractivity contribution in [1.82, 2.24) is 5.32 Å². The molecule has 2 amide bonds. The minimum Gasteiger partial charge on any atom is -0.462 e. The van der Waals surface area contributed by atoms with E-state index in [-0.39, 0.29) is 12.0 Å². The average Bonchev–Trinajstić information content (AvgIpc) is 2.62. The fraction of sp³-hybridized carbons (Fsp3) is 0.273. The second-order valence-electron chi connectivity index (χ2n) is 6.86. The van der Waals surface area contributed by atoms with E-state index in [0.717, 1.165) is 16.7 Å². The highest BCUT2D eigenvalue weighted by Gasteiger charge is 2.23. The van der Waals surface area contributed by atoms with Crippen molar-refractivity contribution in [3.63, 3.8) is 0 Å². The predicted molar refractivity (Wildman–Crippen MR) is 109 cm³/mol. The smallest absolute Gasteiger partial charge is 0.338 e. The topological polar surface area (TPSA) is 67.4 Å². The van der Waals surface area contributed by atoms with Crippen LogP contribution < -0.4 is 10.6 Å². The molecule has 0 saturated heterocycles. The number of benzene rings is 2. The van der Waals surface area contributed by atoms with Crippen LogP contribution in [0.3, 0.4) is 0 Å². The third-order valence-electron chi connectivity index (χ3n) is 4.16. The Balaban J connectivity index is 2.05. The van der Waals surface area contributed by atoms with Crippen molar-refractivity contribution in [3.8, 4) is 0 Å². The van der Waals surface area contributed by atoms with E-state index in [2.05, 4.69) is 17.2 Å². The van der Waals surface area contributed by atoms with Crippen LogP contribution in [0.2, 0.25) is 0 Å². The van der Waals surface area contributed by atoms with Crippen LogP contribution in [0, 0.1) is 0 Å². The van der Waals surface area contributed by atoms with Crippen LogP contribution in [0.4, 0.5) is 10.5 Å². The molecule has 2 aromatic carbocycles. The number of rotatable bonds is 6. The minimum absolute atomic E-state index is 0.322. The number of ether oxygens (including phenoxy) is 1. The van der Waals surface area contributed by atoms with Crippen molar-refractivity contribution >= 4 is 23.3 Å². The Morgan fingerprint density at radius 1 is 1.07 bits per heavy atom. The van der Waals surface area contributed by atoms with Crippen molar-refractivity contribution < 1.29 is 14.3 Å². The number of esters is 1. The second kappa shape index (κ2) is 8.54. The van der Waals surface area contributed by atoms with Gasteiger partial charge in [0.1, 0.15) is 0 Å². The molecule has 5 heteroatoms. The van der Waals surface area contributed by atoms with Gasteiger partial charge in [-0.05, 0) is 69.2 Å². The van der Waals surface area contributed by atoms with Gasteiger partial charge in [0, 0.05) is 5.69 Å². The summed E-state index contributed by atoms with van der Waals surface area (Å²) in [5, 5.41) is 5.76. The normalized spacial score (nSPS) is 10.8. The molecule has 0 aromatic heterocycles. The van der Waals surface area contributed by atoms with Gasteiger partial charge in [0.2, 0.25) is 0 Å². The minimum atomic E-state index is -0.569. The Labute approximate surface area is 160 Å². The highest BCUT2D eigenvalue weighted by Crippen LogP contribution is 2.23. The van der Waals surface area contributed by atoms with Gasteiger partial charge in [0.15, 0.2) is 0 Å². The zero-order chi connectivity index (χ0) is 20.0. The highest BCUT2D eigenvalue weighted by atomic mass is 16.5. The Hall–Kier alpha value is -3.08. The first kappa shape index (κ1) is 20.2. The summed E-state index contributed by atoms with van der Waals surface area (Å²) in [5.41, 5.74) is 3.46. The fourth-order valence-corrected chi connectivity index (χ4v) is 2.60. The maximum atomic E-state index is 12.4. The summed E-state index contributed by atoms with van der Waals surface area (Å²) >= 11 is 0. The summed E-state index contributed by atoms with van der Waals surface area (Å²) in [5.74, 6) is -0.382. The zero-order valence-corrected chi connectivity index (χ0v) is 16.3. The van der Waals surface area contributed by atoms with E-state index in [9.17, 15) is 9.59 Å². The molecule has 0 spiro atoms. The number of carbonyl (C=O) groups excluding carboxylic acids is 2. The molecule has 142 valence electrons. The molecule has 2 aromatic rings. The van der Waals surface area contributed by atoms with Gasteiger partial charge < -0.3 is 15.4 Å². The van der Waals surface area contributed by atoms with Crippen molar-refractivity contribution in [1.29, 1.82) is 0 Å². The van der Waals surface area contributed by atoms with Gasteiger partial charge in [-0.2, -0.15) is 0 Å². The summed E-state index contributed by atoms with van der Waals surface area (Å²) in [6.07, 6.45) is 0. The molecule has 2 N–H and O–H groups in total. The third kappa shape index (κ3) is 5.45. The molecule has 0 heterocycles. The Bertz CT molecular complexity index is 839. The lowest BCUT2D eigenvalue weighted by Crippen LogP contribution is -2.43. The van der Waals surface area contributed by atoms with E-state index in [1.54, 1.807) is 31.2 Å². The molecule has 0 saturated carbocycles. The van der Waals surface area contributed by atoms with E-state index in [4.69, 9.17) is 4.74 Å². The molecule has 27 heavy (non-hydrogen) atoms. The first-order chi connectivity index (χ1) is 12.7. The van der Waals surface area contributed by atoms with E-state index in [1.807, 2.05) is 45.0 Å². The van der Waals surface area contributed by atoms with Crippen LogP contribution in [0.1, 0.15) is 49.2 Å². The second-order valence-corrected chi connectivity index (χ2v) is 6.86. The van der Waals surface area contributed by atoms with Crippen LogP contribution in [0.25, 0.3) is 5.57 Å². The van der Waals surface area contributed by atoms with Gasteiger partial charge in [-0.25, -0.2) is 9.59 Å². The van der Waals surface area contributed by atoms with Gasteiger partial charge in [-0.3, -0.25) is 0 Å². The number of anilines is 1. The van der Waals surface area contributed by atoms with E-state index in [1.165, 1.54) is 0 Å². The van der Waals surface area contributed by atoms with Crippen LogP contribution in [0.5, 0.6) is 0 Å². The molecule has 0 aliphatic heterocycles. The third-order valence-corrected chi connectivity index (χ3v) is 4.16. The summed E-state index contributed by atoms with van der Waals surface area (Å²) < 4.78 is 4.95. The molecule has 0 radical (unpaired) electrons. The average molecular weight is 366 g/mol. The number of hydrogen-bond acceptors (Lipinski definition) is 3. The Morgan fingerprint density at radius 3 is 2.33 bits per heavy atom. The number of amides is 2. The lowest BCUT2D eigenvalue weighted by atomic mass is 9.92. The number of nitrogens with one attached hydrogen (secondary N) is 2. The maximum Gasteiger partial charge on any atom is 0.338 e. The molecule has 2 rings (SSSR count). The standard InChI is InChI=1S/C22H26N2O3/c1-6-27-20(25)16-10-12-19(13-11-16)23-21(26)24-22(4,5)18-9-7-8-17(14-18)15(2)3/h7-14H,2,6H2,1,3-5H3,(H2,23,24,26). The molecule has 0 fully saturated rings. The molecule has 0 atom stereocenters. The van der Waals surface area contributed by atoms with E-state index < -0.39 is 5.54 Å². The first-order valence-corrected chi connectivity index (χ1v) is 8.85. The molecule has 0 aliphatic rings. The highest BCUT2D eigenvalue weighted by molar-refractivity contribution is 5.92. The predicted octanol–water partition coefficient (Wildman–Crippen LogP) is 4.95. The number of carbonyl (C=O) groups is 2. The van der Waals surface area contributed by atoms with Crippen molar-refractivity contribution in [2.45, 2.75) is 33.2 Å².